The van der Waals surface area contributed by atoms with Crippen LogP contribution in [-0.4, -0.2) is 41.3 Å². The van der Waals surface area contributed by atoms with E-state index in [0.29, 0.717) is 12.2 Å². The largest absolute Gasteiger partial charge is 0.485 e. The molecule has 3 rings (SSSR count). The number of para-hydroxylation sites is 1. The average Bonchev–Trinajstić information content (AvgIpc) is 2.88. The van der Waals surface area contributed by atoms with Gasteiger partial charge in [-0.1, -0.05) is 78.9 Å². The molecule has 3 aromatic carbocycles. The molecule has 40 heavy (non-hydrogen) atoms. The second kappa shape index (κ2) is 14.1. The molecule has 0 spiro atoms. The van der Waals surface area contributed by atoms with Crippen LogP contribution in [-0.2, 0) is 16.0 Å². The maximum absolute atomic E-state index is 13.7. The van der Waals surface area contributed by atoms with Crippen LogP contribution in [0.1, 0.15) is 55.5 Å². The highest BCUT2D eigenvalue weighted by Gasteiger charge is 2.36. The van der Waals surface area contributed by atoms with Crippen molar-refractivity contribution < 1.29 is 24.2 Å². The molecule has 0 heterocycles. The Kier molecular flexibility index (Phi) is 10.9. The number of ketones is 1. The monoisotopic (exact) mass is 546 g/mol. The highest BCUT2D eigenvalue weighted by atomic mass is 16.6. The van der Waals surface area contributed by atoms with E-state index in [2.05, 4.69) is 5.32 Å². The van der Waals surface area contributed by atoms with Gasteiger partial charge in [0.25, 0.3) is 0 Å². The third kappa shape index (κ3) is 9.21. The smallest absolute Gasteiger partial charge is 0.407 e. The molecule has 0 radical (unpaired) electrons. The number of alkyl carbamates (subject to hydrolysis) is 1. The predicted octanol–water partition coefficient (Wildman–Crippen LogP) is 5.45. The molecule has 1 amide bonds. The topological polar surface area (TPSA) is 111 Å². The lowest BCUT2D eigenvalue weighted by Gasteiger charge is -2.31. The summed E-state index contributed by atoms with van der Waals surface area (Å²) in [6.07, 6.45) is -1.21. The number of aliphatic hydroxyl groups is 1. The van der Waals surface area contributed by atoms with Crippen LogP contribution < -0.4 is 15.8 Å². The molecule has 7 heteroatoms. The van der Waals surface area contributed by atoms with E-state index < -0.39 is 35.8 Å². The number of nitrogens with two attached hydrogens (primary N) is 1. The Labute approximate surface area is 237 Å². The number of Topliss-reactive ketones (excluding diaryl/α,β-unsaturated/α-hetero) is 1. The Morgan fingerprint density at radius 3 is 2.05 bits per heavy atom. The molecule has 4 atom stereocenters. The number of carbonyl (C=O) groups excluding carboxylic acids is 2. The van der Waals surface area contributed by atoms with Crippen LogP contribution in [0, 0.1) is 19.8 Å². The van der Waals surface area contributed by atoms with E-state index in [1.807, 2.05) is 92.7 Å². The second-order valence-corrected chi connectivity index (χ2v) is 11.3. The number of carbonyl (C=O) groups is 2. The van der Waals surface area contributed by atoms with Crippen LogP contribution in [0.25, 0.3) is 0 Å². The van der Waals surface area contributed by atoms with Crippen LogP contribution in [0.2, 0.25) is 0 Å². The average molecular weight is 547 g/mol. The summed E-state index contributed by atoms with van der Waals surface area (Å²) in [7, 11) is 0. The normalized spacial score (nSPS) is 14.5. The van der Waals surface area contributed by atoms with E-state index in [0.717, 1.165) is 22.3 Å². The minimum atomic E-state index is -1.16. The van der Waals surface area contributed by atoms with Crippen LogP contribution in [0.4, 0.5) is 4.79 Å². The Morgan fingerprint density at radius 2 is 1.48 bits per heavy atom. The summed E-state index contributed by atoms with van der Waals surface area (Å²) in [6, 6.07) is 23.4. The molecule has 0 fully saturated rings. The lowest BCUT2D eigenvalue weighted by Crippen LogP contribution is -2.46. The summed E-state index contributed by atoms with van der Waals surface area (Å²) in [6.45, 7) is 8.97. The van der Waals surface area contributed by atoms with E-state index in [-0.39, 0.29) is 18.8 Å². The van der Waals surface area contributed by atoms with Gasteiger partial charge in [-0.05, 0) is 69.7 Å². The minimum Gasteiger partial charge on any atom is -0.485 e. The van der Waals surface area contributed by atoms with Gasteiger partial charge in [-0.3, -0.25) is 4.79 Å². The molecule has 3 aromatic rings. The summed E-state index contributed by atoms with van der Waals surface area (Å²) in [5, 5.41) is 14.5. The van der Waals surface area contributed by atoms with Crippen LogP contribution in [0.15, 0.2) is 78.9 Å². The van der Waals surface area contributed by atoms with E-state index in [1.54, 1.807) is 20.8 Å². The zero-order valence-electron chi connectivity index (χ0n) is 24.1. The van der Waals surface area contributed by atoms with Crippen molar-refractivity contribution in [1.82, 2.24) is 5.32 Å². The number of hydrogen-bond acceptors (Lipinski definition) is 6. The molecule has 0 aliphatic rings. The van der Waals surface area contributed by atoms with Gasteiger partial charge in [-0.2, -0.15) is 0 Å². The van der Waals surface area contributed by atoms with E-state index in [9.17, 15) is 14.7 Å². The summed E-state index contributed by atoms with van der Waals surface area (Å²) >= 11 is 0. The fourth-order valence-corrected chi connectivity index (χ4v) is 4.81. The molecule has 0 aliphatic carbocycles. The van der Waals surface area contributed by atoms with E-state index in [1.165, 1.54) is 0 Å². The summed E-state index contributed by atoms with van der Waals surface area (Å²) in [5.41, 5.74) is 9.49. The van der Waals surface area contributed by atoms with Gasteiger partial charge in [0.2, 0.25) is 0 Å². The standard InChI is InChI=1S/C33H42N2O5/c1-22-13-12-14-23(2)31(22)39-21-28(37)29(30(34)25-17-10-7-11-18-25)27(36)20-26(19-24-15-8-6-9-16-24)35-32(38)40-33(3,4)5/h6-18,26-27,29-30,36H,19-21,34H2,1-5H3,(H,35,38)/t26-,27-,29-,30?/m0/s1. The molecule has 214 valence electrons. The lowest BCUT2D eigenvalue weighted by atomic mass is 9.82. The maximum Gasteiger partial charge on any atom is 0.407 e. The number of amides is 1. The molecule has 0 saturated heterocycles. The molecule has 0 saturated carbocycles. The highest BCUT2D eigenvalue weighted by molar-refractivity contribution is 5.84. The molecular formula is C33H42N2O5. The fraction of sp³-hybridized carbons (Fsp3) is 0.394. The summed E-state index contributed by atoms with van der Waals surface area (Å²) in [5.74, 6) is -0.640. The zero-order valence-corrected chi connectivity index (χ0v) is 24.1. The SMILES string of the molecule is Cc1cccc(C)c1OCC(=O)[C@@H](C(N)c1ccccc1)[C@@H](O)C[C@H](Cc1ccccc1)NC(=O)OC(C)(C)C. The number of rotatable bonds is 12. The van der Waals surface area contributed by atoms with Crippen molar-refractivity contribution in [2.24, 2.45) is 11.7 Å². The summed E-state index contributed by atoms with van der Waals surface area (Å²) in [4.78, 5) is 26.4. The third-order valence-electron chi connectivity index (χ3n) is 6.70. The number of nitrogens with one attached hydrogen (secondary N) is 1. The highest BCUT2D eigenvalue weighted by Crippen LogP contribution is 2.28. The van der Waals surface area contributed by atoms with Gasteiger partial charge < -0.3 is 25.6 Å². The lowest BCUT2D eigenvalue weighted by molar-refractivity contribution is -0.129. The van der Waals surface area contributed by atoms with E-state index in [4.69, 9.17) is 15.2 Å². The Bertz CT molecular complexity index is 1220. The van der Waals surface area contributed by atoms with Crippen LogP contribution >= 0.6 is 0 Å². The molecule has 7 nitrogen and oxygen atoms in total. The molecule has 0 aromatic heterocycles. The number of aryl methyl sites for hydroxylation is 2. The first-order chi connectivity index (χ1) is 18.9. The van der Waals surface area contributed by atoms with E-state index >= 15 is 0 Å². The quantitative estimate of drug-likeness (QED) is 0.278. The van der Waals surface area contributed by atoms with Crippen molar-refractivity contribution in [1.29, 1.82) is 0 Å². The van der Waals surface area contributed by atoms with Crippen molar-refractivity contribution in [2.75, 3.05) is 6.61 Å². The molecule has 0 bridgehead atoms. The van der Waals surface area contributed by atoms with Gasteiger partial charge in [0.1, 0.15) is 18.0 Å². The van der Waals surface area contributed by atoms with Crippen molar-refractivity contribution in [3.8, 4) is 5.75 Å². The van der Waals surface area contributed by atoms with Gasteiger partial charge in [-0.25, -0.2) is 4.79 Å². The Morgan fingerprint density at radius 1 is 0.900 bits per heavy atom. The van der Waals surface area contributed by atoms with Crippen molar-refractivity contribution >= 4 is 11.9 Å². The van der Waals surface area contributed by atoms with Gasteiger partial charge >= 0.3 is 6.09 Å². The Balaban J connectivity index is 1.85. The van der Waals surface area contributed by atoms with Gasteiger partial charge in [0.05, 0.1) is 12.0 Å². The van der Waals surface area contributed by atoms with Gasteiger partial charge in [-0.15, -0.1) is 0 Å². The number of ether oxygens (including phenoxy) is 2. The first kappa shape index (κ1) is 30.9. The van der Waals surface area contributed by atoms with Crippen molar-refractivity contribution in [2.45, 2.75) is 71.2 Å². The van der Waals surface area contributed by atoms with Crippen molar-refractivity contribution in [3.05, 3.63) is 101 Å². The summed E-state index contributed by atoms with van der Waals surface area (Å²) < 4.78 is 11.4. The fourth-order valence-electron chi connectivity index (χ4n) is 4.81. The van der Waals surface area contributed by atoms with Crippen LogP contribution in [0.3, 0.4) is 0 Å². The van der Waals surface area contributed by atoms with Crippen molar-refractivity contribution in [3.63, 3.8) is 0 Å². The molecule has 4 N–H and O–H groups in total. The zero-order chi connectivity index (χ0) is 29.3. The minimum absolute atomic E-state index is 0.0917. The molecule has 1 unspecified atom stereocenters. The van der Waals surface area contributed by atoms with Gasteiger partial charge in [0, 0.05) is 12.1 Å². The number of hydrogen-bond donors (Lipinski definition) is 3. The first-order valence-electron chi connectivity index (χ1n) is 13.7. The number of aliphatic hydroxyl groups excluding tert-OH is 1. The first-order valence-corrected chi connectivity index (χ1v) is 13.7. The molecule has 0 aliphatic heterocycles. The second-order valence-electron chi connectivity index (χ2n) is 11.3. The Hall–Kier alpha value is -3.68. The van der Waals surface area contributed by atoms with Gasteiger partial charge in [0.15, 0.2) is 5.78 Å². The van der Waals surface area contributed by atoms with Crippen LogP contribution in [0.5, 0.6) is 5.75 Å². The maximum atomic E-state index is 13.7. The third-order valence-corrected chi connectivity index (χ3v) is 6.70. The number of benzene rings is 3. The predicted molar refractivity (Wildman–Crippen MR) is 157 cm³/mol. The molecular weight excluding hydrogens is 504 g/mol.